The zero-order chi connectivity index (χ0) is 19.5. The topological polar surface area (TPSA) is 69.0 Å². The molecule has 6 heteroatoms. The molecule has 2 heterocycles. The van der Waals surface area contributed by atoms with E-state index in [2.05, 4.69) is 39.7 Å². The summed E-state index contributed by atoms with van der Waals surface area (Å²) in [7, 11) is 1.79. The second-order valence-electron chi connectivity index (χ2n) is 6.65. The summed E-state index contributed by atoms with van der Waals surface area (Å²) in [5, 5.41) is 8.92. The van der Waals surface area contributed by atoms with E-state index < -0.39 is 0 Å². The summed E-state index contributed by atoms with van der Waals surface area (Å²) < 4.78 is 7.29. The van der Waals surface area contributed by atoms with Crippen molar-refractivity contribution in [3.05, 3.63) is 72.8 Å². The van der Waals surface area contributed by atoms with Crippen molar-refractivity contribution in [1.82, 2.24) is 14.8 Å². The largest absolute Gasteiger partial charge is 0.484 e. The number of fused-ring (bicyclic) bond motifs is 1. The van der Waals surface area contributed by atoms with Crippen LogP contribution in [0.5, 0.6) is 5.75 Å². The number of rotatable bonds is 5. The highest BCUT2D eigenvalue weighted by molar-refractivity contribution is 5.92. The molecular weight excluding hydrogens is 352 g/mol. The Hall–Kier alpha value is -3.67. The van der Waals surface area contributed by atoms with E-state index in [1.807, 2.05) is 37.4 Å². The number of hydrogen-bond donors (Lipinski definition) is 1. The van der Waals surface area contributed by atoms with E-state index in [0.717, 1.165) is 27.6 Å². The van der Waals surface area contributed by atoms with Crippen molar-refractivity contribution in [1.29, 1.82) is 0 Å². The van der Waals surface area contributed by atoms with Crippen molar-refractivity contribution < 1.29 is 9.53 Å². The summed E-state index contributed by atoms with van der Waals surface area (Å²) in [4.78, 5) is 16.4. The number of ether oxygens (including phenoxy) is 1. The highest BCUT2D eigenvalue weighted by Crippen LogP contribution is 2.27. The van der Waals surface area contributed by atoms with E-state index in [1.54, 1.807) is 24.1 Å². The Morgan fingerprint density at radius 1 is 1.04 bits per heavy atom. The van der Waals surface area contributed by atoms with Gasteiger partial charge in [-0.15, -0.1) is 0 Å². The second kappa shape index (κ2) is 7.52. The Labute approximate surface area is 162 Å². The van der Waals surface area contributed by atoms with Crippen molar-refractivity contribution in [3.8, 4) is 16.9 Å². The average Bonchev–Trinajstić information content (AvgIpc) is 3.11. The van der Waals surface area contributed by atoms with Gasteiger partial charge in [0.15, 0.2) is 6.61 Å². The van der Waals surface area contributed by atoms with Crippen LogP contribution < -0.4 is 10.1 Å². The molecule has 2 aromatic heterocycles. The molecule has 0 aliphatic carbocycles. The SMILES string of the molecule is Cc1ccc(-c2ccc3ccc(OCC(=O)Nc4cnn(C)c4)cc3c2)cn1. The number of aromatic nitrogens is 3. The number of anilines is 1. The van der Waals surface area contributed by atoms with E-state index in [0.29, 0.717) is 11.4 Å². The van der Waals surface area contributed by atoms with Gasteiger partial charge in [-0.3, -0.25) is 14.5 Å². The maximum Gasteiger partial charge on any atom is 0.262 e. The van der Waals surface area contributed by atoms with E-state index in [1.165, 1.54) is 0 Å². The minimum Gasteiger partial charge on any atom is -0.484 e. The van der Waals surface area contributed by atoms with Gasteiger partial charge in [0.05, 0.1) is 11.9 Å². The van der Waals surface area contributed by atoms with Gasteiger partial charge in [-0.05, 0) is 47.5 Å². The lowest BCUT2D eigenvalue weighted by Gasteiger charge is -2.09. The third kappa shape index (κ3) is 4.01. The molecule has 4 rings (SSSR count). The van der Waals surface area contributed by atoms with Gasteiger partial charge in [0.1, 0.15) is 5.75 Å². The molecule has 0 aliphatic heterocycles. The molecule has 6 nitrogen and oxygen atoms in total. The molecular formula is C22H20N4O2. The second-order valence-corrected chi connectivity index (χ2v) is 6.65. The fourth-order valence-electron chi connectivity index (χ4n) is 2.96. The number of amides is 1. The van der Waals surface area contributed by atoms with Crippen LogP contribution in [0.2, 0.25) is 0 Å². The molecule has 28 heavy (non-hydrogen) atoms. The van der Waals surface area contributed by atoms with Crippen LogP contribution in [0, 0.1) is 6.92 Å². The fourth-order valence-corrected chi connectivity index (χ4v) is 2.96. The smallest absolute Gasteiger partial charge is 0.262 e. The summed E-state index contributed by atoms with van der Waals surface area (Å²) >= 11 is 0. The molecule has 0 atom stereocenters. The van der Waals surface area contributed by atoms with E-state index in [4.69, 9.17) is 4.74 Å². The van der Waals surface area contributed by atoms with Crippen LogP contribution in [0.4, 0.5) is 5.69 Å². The fraction of sp³-hybridized carbons (Fsp3) is 0.136. The molecule has 0 spiro atoms. The summed E-state index contributed by atoms with van der Waals surface area (Å²) in [5.74, 6) is 0.417. The lowest BCUT2D eigenvalue weighted by atomic mass is 10.0. The monoisotopic (exact) mass is 372 g/mol. The highest BCUT2D eigenvalue weighted by atomic mass is 16.5. The highest BCUT2D eigenvalue weighted by Gasteiger charge is 2.07. The molecule has 0 aliphatic rings. The predicted molar refractivity (Wildman–Crippen MR) is 109 cm³/mol. The van der Waals surface area contributed by atoms with Crippen LogP contribution >= 0.6 is 0 Å². The number of pyridine rings is 1. The van der Waals surface area contributed by atoms with Crippen molar-refractivity contribution in [2.45, 2.75) is 6.92 Å². The van der Waals surface area contributed by atoms with E-state index in [9.17, 15) is 4.79 Å². The average molecular weight is 372 g/mol. The van der Waals surface area contributed by atoms with Crippen molar-refractivity contribution in [2.24, 2.45) is 7.05 Å². The zero-order valence-corrected chi connectivity index (χ0v) is 15.7. The summed E-state index contributed by atoms with van der Waals surface area (Å²) in [6, 6.07) is 16.1. The molecule has 1 N–H and O–H groups in total. The molecule has 0 radical (unpaired) electrons. The van der Waals surface area contributed by atoms with E-state index in [-0.39, 0.29) is 12.5 Å². The number of carbonyl (C=O) groups is 1. The third-order valence-electron chi connectivity index (χ3n) is 4.41. The molecule has 0 saturated carbocycles. The van der Waals surface area contributed by atoms with Gasteiger partial charge in [0.2, 0.25) is 0 Å². The van der Waals surface area contributed by atoms with E-state index >= 15 is 0 Å². The van der Waals surface area contributed by atoms with Crippen molar-refractivity contribution in [2.75, 3.05) is 11.9 Å². The quantitative estimate of drug-likeness (QED) is 0.576. The Morgan fingerprint density at radius 2 is 1.86 bits per heavy atom. The first-order valence-corrected chi connectivity index (χ1v) is 8.95. The van der Waals surface area contributed by atoms with Gasteiger partial charge >= 0.3 is 0 Å². The number of benzene rings is 2. The van der Waals surface area contributed by atoms with Gasteiger partial charge in [-0.25, -0.2) is 0 Å². The van der Waals surface area contributed by atoms with Crippen LogP contribution in [0.1, 0.15) is 5.69 Å². The van der Waals surface area contributed by atoms with Gasteiger partial charge in [-0.2, -0.15) is 5.10 Å². The number of carbonyl (C=O) groups excluding carboxylic acids is 1. The Bertz CT molecular complexity index is 1130. The molecule has 1 amide bonds. The number of aryl methyl sites for hydroxylation is 2. The zero-order valence-electron chi connectivity index (χ0n) is 15.7. The molecule has 4 aromatic rings. The van der Waals surface area contributed by atoms with Gasteiger partial charge in [0, 0.05) is 30.7 Å². The molecule has 2 aromatic carbocycles. The van der Waals surface area contributed by atoms with Gasteiger partial charge in [0.25, 0.3) is 5.91 Å². The lowest BCUT2D eigenvalue weighted by Crippen LogP contribution is -2.19. The Morgan fingerprint density at radius 3 is 2.61 bits per heavy atom. The Balaban J connectivity index is 1.48. The first-order chi connectivity index (χ1) is 13.6. The summed E-state index contributed by atoms with van der Waals surface area (Å²) in [5.41, 5.74) is 3.79. The van der Waals surface area contributed by atoms with Crippen LogP contribution in [0.3, 0.4) is 0 Å². The molecule has 0 fully saturated rings. The van der Waals surface area contributed by atoms with Crippen molar-refractivity contribution in [3.63, 3.8) is 0 Å². The summed E-state index contributed by atoms with van der Waals surface area (Å²) in [6.45, 7) is 1.90. The number of nitrogens with one attached hydrogen (secondary N) is 1. The molecule has 140 valence electrons. The molecule has 0 saturated heterocycles. The molecule has 0 unspecified atom stereocenters. The maximum absolute atomic E-state index is 12.0. The first kappa shape index (κ1) is 17.7. The van der Waals surface area contributed by atoms with Gasteiger partial charge < -0.3 is 10.1 Å². The van der Waals surface area contributed by atoms with Gasteiger partial charge in [-0.1, -0.05) is 24.3 Å². The predicted octanol–water partition coefficient (Wildman–Crippen LogP) is 3.96. The molecule has 0 bridgehead atoms. The lowest BCUT2D eigenvalue weighted by molar-refractivity contribution is -0.118. The minimum absolute atomic E-state index is 0.0675. The van der Waals surface area contributed by atoms with Crippen molar-refractivity contribution >= 4 is 22.4 Å². The maximum atomic E-state index is 12.0. The first-order valence-electron chi connectivity index (χ1n) is 8.95. The van der Waals surface area contributed by atoms with Crippen LogP contribution in [-0.4, -0.2) is 27.3 Å². The number of hydrogen-bond acceptors (Lipinski definition) is 4. The third-order valence-corrected chi connectivity index (χ3v) is 4.41. The standard InChI is InChI=1S/C22H20N4O2/c1-15-3-4-18(11-23-15)17-6-5-16-7-8-21(10-19(16)9-17)28-14-22(27)25-20-12-24-26(2)13-20/h3-13H,14H2,1-2H3,(H,25,27). The summed E-state index contributed by atoms with van der Waals surface area (Å²) in [6.07, 6.45) is 5.20. The van der Waals surface area contributed by atoms with Crippen LogP contribution in [0.15, 0.2) is 67.1 Å². The Kier molecular flexibility index (Phi) is 4.76. The normalized spacial score (nSPS) is 10.8. The number of nitrogens with zero attached hydrogens (tertiary/aromatic N) is 3. The van der Waals surface area contributed by atoms with Crippen LogP contribution in [0.25, 0.3) is 21.9 Å². The minimum atomic E-state index is -0.229. The van der Waals surface area contributed by atoms with Crippen LogP contribution in [-0.2, 0) is 11.8 Å².